The van der Waals surface area contributed by atoms with Crippen LogP contribution in [0.3, 0.4) is 0 Å². The van der Waals surface area contributed by atoms with Crippen LogP contribution in [0.1, 0.15) is 18.1 Å². The van der Waals surface area contributed by atoms with Gasteiger partial charge in [0.1, 0.15) is 11.6 Å². The zero-order chi connectivity index (χ0) is 25.9. The van der Waals surface area contributed by atoms with Crippen LogP contribution in [0.2, 0.25) is 5.02 Å². The van der Waals surface area contributed by atoms with E-state index in [1.54, 1.807) is 30.3 Å². The van der Waals surface area contributed by atoms with E-state index in [9.17, 15) is 9.59 Å². The molecule has 0 unspecified atom stereocenters. The van der Waals surface area contributed by atoms with Gasteiger partial charge in [-0.3, -0.25) is 4.79 Å². The number of ether oxygens (including phenoxy) is 2. The minimum Gasteiger partial charge on any atom is -0.490 e. The first-order chi connectivity index (χ1) is 18.0. The fraction of sp³-hybridized carbons (Fsp3) is 0.107. The topological polar surface area (TPSA) is 85.7 Å². The van der Waals surface area contributed by atoms with Gasteiger partial charge in [0.15, 0.2) is 11.5 Å². The zero-order valence-electron chi connectivity index (χ0n) is 19.7. The average molecular weight is 579 g/mol. The molecule has 0 aliphatic carbocycles. The van der Waals surface area contributed by atoms with Gasteiger partial charge in [0.25, 0.3) is 5.56 Å². The van der Waals surface area contributed by atoms with Crippen molar-refractivity contribution in [1.29, 1.82) is 0 Å². The van der Waals surface area contributed by atoms with Gasteiger partial charge in [-0.2, -0.15) is 5.10 Å². The Morgan fingerprint density at radius 1 is 1.00 bits per heavy atom. The highest BCUT2D eigenvalue weighted by Gasteiger charge is 2.18. The minimum atomic E-state index is -0.651. The van der Waals surface area contributed by atoms with E-state index in [0.29, 0.717) is 39.0 Å². The molecule has 5 aromatic rings. The van der Waals surface area contributed by atoms with Gasteiger partial charge in [-0.1, -0.05) is 66.2 Å². The summed E-state index contributed by atoms with van der Waals surface area (Å²) in [6, 6.07) is 22.6. The zero-order valence-corrected chi connectivity index (χ0v) is 22.0. The number of nitrogens with one attached hydrogen (secondary N) is 1. The van der Waals surface area contributed by atoms with Crippen LogP contribution >= 0.6 is 27.5 Å². The molecule has 1 aromatic heterocycles. The molecule has 0 saturated carbocycles. The lowest BCUT2D eigenvalue weighted by molar-refractivity contribution is 0.270. The standard InChI is InChI=1S/C28H21BrClN3O4/c1-2-36-23-14-19(15-31-33-27(34)21-12-5-6-13-22(21)32-28(33)35)24(29)25(30)26(23)37-16-18-10-7-9-17-8-3-4-11-20(17)18/h3-15H,2,16H2,1H3,(H,32,35). The monoisotopic (exact) mass is 577 g/mol. The van der Waals surface area contributed by atoms with Crippen LogP contribution in [-0.4, -0.2) is 22.5 Å². The van der Waals surface area contributed by atoms with Crippen molar-refractivity contribution in [2.45, 2.75) is 13.5 Å². The fourth-order valence-electron chi connectivity index (χ4n) is 4.04. The lowest BCUT2D eigenvalue weighted by Crippen LogP contribution is -2.32. The van der Waals surface area contributed by atoms with E-state index < -0.39 is 11.2 Å². The number of hydrogen-bond donors (Lipinski definition) is 1. The van der Waals surface area contributed by atoms with E-state index in [1.807, 2.05) is 49.4 Å². The number of aromatic amines is 1. The molecule has 37 heavy (non-hydrogen) atoms. The van der Waals surface area contributed by atoms with Crippen LogP contribution < -0.4 is 20.7 Å². The molecular weight excluding hydrogens is 558 g/mol. The third kappa shape index (κ3) is 4.90. The van der Waals surface area contributed by atoms with Gasteiger partial charge in [0, 0.05) is 10.0 Å². The van der Waals surface area contributed by atoms with Crippen molar-refractivity contribution in [3.8, 4) is 11.5 Å². The molecule has 0 amide bonds. The smallest absolute Gasteiger partial charge is 0.349 e. The van der Waals surface area contributed by atoms with Crippen molar-refractivity contribution in [1.82, 2.24) is 9.66 Å². The first-order valence-electron chi connectivity index (χ1n) is 11.5. The molecule has 5 rings (SSSR count). The van der Waals surface area contributed by atoms with E-state index in [0.717, 1.165) is 21.0 Å². The summed E-state index contributed by atoms with van der Waals surface area (Å²) in [5, 5.41) is 6.98. The molecule has 0 radical (unpaired) electrons. The summed E-state index contributed by atoms with van der Waals surface area (Å²) in [5.41, 5.74) is 0.776. The average Bonchev–Trinajstić information content (AvgIpc) is 2.91. The fourth-order valence-corrected chi connectivity index (χ4v) is 4.70. The first-order valence-corrected chi connectivity index (χ1v) is 12.7. The maximum absolute atomic E-state index is 12.8. The largest absolute Gasteiger partial charge is 0.490 e. The van der Waals surface area contributed by atoms with Crippen molar-refractivity contribution >= 4 is 55.4 Å². The number of fused-ring (bicyclic) bond motifs is 2. The van der Waals surface area contributed by atoms with Crippen molar-refractivity contribution in [2.24, 2.45) is 5.10 Å². The Hall–Kier alpha value is -3.88. The Kier molecular flexibility index (Phi) is 7.12. The van der Waals surface area contributed by atoms with Crippen LogP contribution in [0.5, 0.6) is 11.5 Å². The van der Waals surface area contributed by atoms with Crippen LogP contribution in [-0.2, 0) is 6.61 Å². The second-order valence-corrected chi connectivity index (χ2v) is 9.29. The molecule has 0 bridgehead atoms. The van der Waals surface area contributed by atoms with Crippen molar-refractivity contribution in [2.75, 3.05) is 6.61 Å². The predicted molar refractivity (Wildman–Crippen MR) is 150 cm³/mol. The van der Waals surface area contributed by atoms with Gasteiger partial charge >= 0.3 is 5.69 Å². The Labute approximate surface area is 225 Å². The minimum absolute atomic E-state index is 0.281. The van der Waals surface area contributed by atoms with E-state index in [1.165, 1.54) is 6.21 Å². The first kappa shape index (κ1) is 24.8. The summed E-state index contributed by atoms with van der Waals surface area (Å²) >= 11 is 10.2. The van der Waals surface area contributed by atoms with Gasteiger partial charge in [0.05, 0.1) is 23.7 Å². The van der Waals surface area contributed by atoms with Gasteiger partial charge in [-0.15, -0.1) is 4.68 Å². The Morgan fingerprint density at radius 3 is 2.54 bits per heavy atom. The van der Waals surface area contributed by atoms with E-state index in [-0.39, 0.29) is 11.6 Å². The Morgan fingerprint density at radius 2 is 1.73 bits per heavy atom. The molecule has 0 aliphatic heterocycles. The maximum Gasteiger partial charge on any atom is 0.349 e. The highest BCUT2D eigenvalue weighted by atomic mass is 79.9. The van der Waals surface area contributed by atoms with E-state index in [4.69, 9.17) is 21.1 Å². The molecule has 7 nitrogen and oxygen atoms in total. The quantitative estimate of drug-likeness (QED) is 0.236. The summed E-state index contributed by atoms with van der Waals surface area (Å²) in [5.74, 6) is 0.790. The summed E-state index contributed by atoms with van der Waals surface area (Å²) < 4.78 is 13.2. The van der Waals surface area contributed by atoms with Crippen LogP contribution in [0.25, 0.3) is 21.7 Å². The summed E-state index contributed by atoms with van der Waals surface area (Å²) in [4.78, 5) is 27.9. The molecule has 0 atom stereocenters. The van der Waals surface area contributed by atoms with Crippen molar-refractivity contribution < 1.29 is 9.47 Å². The summed E-state index contributed by atoms with van der Waals surface area (Å²) in [6.07, 6.45) is 1.37. The molecular formula is C28H21BrClN3O4. The maximum atomic E-state index is 12.8. The number of nitrogens with zero attached hydrogens (tertiary/aromatic N) is 2. The molecule has 186 valence electrons. The number of aromatic nitrogens is 2. The van der Waals surface area contributed by atoms with Crippen molar-refractivity contribution in [3.05, 3.63) is 114 Å². The van der Waals surface area contributed by atoms with Crippen LogP contribution in [0.4, 0.5) is 0 Å². The van der Waals surface area contributed by atoms with Gasteiger partial charge < -0.3 is 14.5 Å². The molecule has 4 aromatic carbocycles. The number of rotatable bonds is 7. The highest BCUT2D eigenvalue weighted by Crippen LogP contribution is 2.42. The Bertz CT molecular complexity index is 1770. The van der Waals surface area contributed by atoms with E-state index in [2.05, 4.69) is 26.0 Å². The lowest BCUT2D eigenvalue weighted by atomic mass is 10.1. The summed E-state index contributed by atoms with van der Waals surface area (Å²) in [7, 11) is 0. The number of hydrogen-bond acceptors (Lipinski definition) is 5. The lowest BCUT2D eigenvalue weighted by Gasteiger charge is -2.17. The number of H-pyrrole nitrogens is 1. The van der Waals surface area contributed by atoms with Gasteiger partial charge in [0.2, 0.25) is 0 Å². The molecule has 0 fully saturated rings. The second-order valence-electron chi connectivity index (χ2n) is 8.12. The summed E-state index contributed by atoms with van der Waals surface area (Å²) in [6.45, 7) is 2.51. The number of halogens is 2. The third-order valence-electron chi connectivity index (χ3n) is 5.80. The Balaban J connectivity index is 1.50. The van der Waals surface area contributed by atoms with Crippen molar-refractivity contribution in [3.63, 3.8) is 0 Å². The molecule has 1 N–H and O–H groups in total. The second kappa shape index (κ2) is 10.6. The van der Waals surface area contributed by atoms with Gasteiger partial charge in [-0.05, 0) is 57.4 Å². The van der Waals surface area contributed by atoms with Crippen LogP contribution in [0.15, 0.2) is 92.0 Å². The van der Waals surface area contributed by atoms with E-state index >= 15 is 0 Å². The SMILES string of the molecule is CCOc1cc(C=Nn2c(=O)[nH]c3ccccc3c2=O)c(Br)c(Cl)c1OCc1cccc2ccccc12. The molecule has 9 heteroatoms. The molecule has 0 aliphatic rings. The highest BCUT2D eigenvalue weighted by molar-refractivity contribution is 9.10. The molecule has 0 spiro atoms. The normalized spacial score (nSPS) is 11.4. The molecule has 0 saturated heterocycles. The van der Waals surface area contributed by atoms with Gasteiger partial charge in [-0.25, -0.2) is 4.79 Å². The van der Waals surface area contributed by atoms with Crippen LogP contribution in [0, 0.1) is 0 Å². The number of benzene rings is 4. The predicted octanol–water partition coefficient (Wildman–Crippen LogP) is 6.12. The number of para-hydroxylation sites is 1. The molecule has 1 heterocycles. The third-order valence-corrected chi connectivity index (χ3v) is 7.25.